The van der Waals surface area contributed by atoms with Crippen molar-refractivity contribution in [1.82, 2.24) is 15.2 Å². The second kappa shape index (κ2) is 8.02. The lowest BCUT2D eigenvalue weighted by Gasteiger charge is -2.31. The Bertz CT molecular complexity index is 588. The Morgan fingerprint density at radius 1 is 1.22 bits per heavy atom. The van der Waals surface area contributed by atoms with Gasteiger partial charge >= 0.3 is 0 Å². The molecule has 1 aliphatic rings. The molecule has 1 fully saturated rings. The maximum absolute atomic E-state index is 5.46. The molecule has 3 rings (SSSR count). The van der Waals surface area contributed by atoms with Crippen molar-refractivity contribution >= 4 is 11.3 Å². The lowest BCUT2D eigenvalue weighted by molar-refractivity contribution is 0.0333. The monoisotopic (exact) mass is 331 g/mol. The molecule has 0 unspecified atom stereocenters. The fourth-order valence-electron chi connectivity index (χ4n) is 2.84. The molecule has 1 aromatic carbocycles. The van der Waals surface area contributed by atoms with Crippen LogP contribution < -0.4 is 5.32 Å². The summed E-state index contributed by atoms with van der Waals surface area (Å²) in [7, 11) is 0. The summed E-state index contributed by atoms with van der Waals surface area (Å²) in [6.07, 6.45) is 0. The average Bonchev–Trinajstić information content (AvgIpc) is 2.91. The van der Waals surface area contributed by atoms with E-state index >= 15 is 0 Å². The molecule has 1 aliphatic heterocycles. The van der Waals surface area contributed by atoms with E-state index in [1.54, 1.807) is 11.3 Å². The van der Waals surface area contributed by atoms with E-state index in [0.717, 1.165) is 45.1 Å². The SMILES string of the molecule is Cc1nc(CN[C@H](CN2CCOCC2)c2ccccc2)sc1C. The molecule has 1 saturated heterocycles. The van der Waals surface area contributed by atoms with Crippen LogP contribution in [0.4, 0.5) is 0 Å². The van der Waals surface area contributed by atoms with E-state index < -0.39 is 0 Å². The number of morpholine rings is 1. The first kappa shape index (κ1) is 16.6. The highest BCUT2D eigenvalue weighted by atomic mass is 32.1. The van der Waals surface area contributed by atoms with E-state index in [9.17, 15) is 0 Å². The van der Waals surface area contributed by atoms with Gasteiger partial charge < -0.3 is 10.1 Å². The minimum atomic E-state index is 0.318. The quantitative estimate of drug-likeness (QED) is 0.883. The minimum Gasteiger partial charge on any atom is -0.379 e. The smallest absolute Gasteiger partial charge is 0.107 e. The van der Waals surface area contributed by atoms with Gasteiger partial charge in [-0.25, -0.2) is 4.98 Å². The molecule has 2 aromatic rings. The Kier molecular flexibility index (Phi) is 5.78. The van der Waals surface area contributed by atoms with Gasteiger partial charge in [0.1, 0.15) is 5.01 Å². The number of nitrogens with zero attached hydrogens (tertiary/aromatic N) is 2. The van der Waals surface area contributed by atoms with Crippen LogP contribution in [0.1, 0.15) is 27.2 Å². The number of aromatic nitrogens is 1. The van der Waals surface area contributed by atoms with Gasteiger partial charge in [0.05, 0.1) is 18.9 Å². The summed E-state index contributed by atoms with van der Waals surface area (Å²) < 4.78 is 5.46. The Hall–Kier alpha value is -1.27. The van der Waals surface area contributed by atoms with Gasteiger partial charge in [-0.05, 0) is 19.4 Å². The number of hydrogen-bond donors (Lipinski definition) is 1. The number of rotatable bonds is 6. The van der Waals surface area contributed by atoms with E-state index in [1.807, 2.05) is 0 Å². The molecule has 4 nitrogen and oxygen atoms in total. The Balaban J connectivity index is 1.66. The van der Waals surface area contributed by atoms with Gasteiger partial charge in [-0.1, -0.05) is 30.3 Å². The summed E-state index contributed by atoms with van der Waals surface area (Å²) in [5.41, 5.74) is 2.49. The zero-order valence-electron chi connectivity index (χ0n) is 13.9. The standard InChI is InChI=1S/C18H25N3OS/c1-14-15(2)23-18(20-14)12-19-17(16-6-4-3-5-7-16)13-21-8-10-22-11-9-21/h3-7,17,19H,8-13H2,1-2H3/t17-/m1/s1. The van der Waals surface area contributed by atoms with Crippen LogP contribution in [0.5, 0.6) is 0 Å². The third-order valence-corrected chi connectivity index (χ3v) is 5.39. The van der Waals surface area contributed by atoms with Gasteiger partial charge in [0.25, 0.3) is 0 Å². The molecule has 1 N–H and O–H groups in total. The molecule has 2 heterocycles. The van der Waals surface area contributed by atoms with Crippen molar-refractivity contribution < 1.29 is 4.74 Å². The van der Waals surface area contributed by atoms with Crippen molar-refractivity contribution in [3.05, 3.63) is 51.5 Å². The molecule has 23 heavy (non-hydrogen) atoms. The van der Waals surface area contributed by atoms with Crippen LogP contribution in [-0.2, 0) is 11.3 Å². The molecule has 0 saturated carbocycles. The normalized spacial score (nSPS) is 17.3. The number of aryl methyl sites for hydroxylation is 2. The van der Waals surface area contributed by atoms with E-state index in [0.29, 0.717) is 6.04 Å². The average molecular weight is 331 g/mol. The van der Waals surface area contributed by atoms with Crippen molar-refractivity contribution in [3.8, 4) is 0 Å². The van der Waals surface area contributed by atoms with Crippen LogP contribution in [-0.4, -0.2) is 42.7 Å². The molecule has 124 valence electrons. The predicted octanol–water partition coefficient (Wildman–Crippen LogP) is 2.92. The zero-order chi connectivity index (χ0) is 16.1. The van der Waals surface area contributed by atoms with Crippen molar-refractivity contribution in [2.24, 2.45) is 0 Å². The van der Waals surface area contributed by atoms with Gasteiger partial charge in [-0.3, -0.25) is 4.90 Å². The summed E-state index contributed by atoms with van der Waals surface area (Å²) in [5.74, 6) is 0. The van der Waals surface area contributed by atoms with E-state index in [1.165, 1.54) is 15.4 Å². The van der Waals surface area contributed by atoms with Gasteiger partial charge in [-0.15, -0.1) is 11.3 Å². The molecule has 0 radical (unpaired) electrons. The fraction of sp³-hybridized carbons (Fsp3) is 0.500. The lowest BCUT2D eigenvalue weighted by Crippen LogP contribution is -2.41. The van der Waals surface area contributed by atoms with Crippen molar-refractivity contribution in [3.63, 3.8) is 0 Å². The van der Waals surface area contributed by atoms with Crippen LogP contribution in [0.2, 0.25) is 0 Å². The second-order valence-corrected chi connectivity index (χ2v) is 7.29. The van der Waals surface area contributed by atoms with Gasteiger partial charge in [0.2, 0.25) is 0 Å². The molecule has 1 atom stereocenters. The van der Waals surface area contributed by atoms with Crippen molar-refractivity contribution in [2.45, 2.75) is 26.4 Å². The van der Waals surface area contributed by atoms with E-state index in [4.69, 9.17) is 4.74 Å². The summed E-state index contributed by atoms with van der Waals surface area (Å²) >= 11 is 1.79. The first-order chi connectivity index (χ1) is 11.2. The van der Waals surface area contributed by atoms with Gasteiger partial charge in [0, 0.05) is 37.1 Å². The molecule has 0 aliphatic carbocycles. The number of thiazole rings is 1. The third-order valence-electron chi connectivity index (χ3n) is 4.32. The zero-order valence-corrected chi connectivity index (χ0v) is 14.7. The number of benzene rings is 1. The molecule has 5 heteroatoms. The van der Waals surface area contributed by atoms with E-state index in [2.05, 4.69) is 59.4 Å². The first-order valence-electron chi connectivity index (χ1n) is 8.23. The largest absolute Gasteiger partial charge is 0.379 e. The second-order valence-electron chi connectivity index (χ2n) is 6.01. The number of nitrogens with one attached hydrogen (secondary N) is 1. The molecular formula is C18H25N3OS. The van der Waals surface area contributed by atoms with Crippen LogP contribution in [0.3, 0.4) is 0 Å². The lowest BCUT2D eigenvalue weighted by atomic mass is 10.1. The van der Waals surface area contributed by atoms with Crippen molar-refractivity contribution in [2.75, 3.05) is 32.8 Å². The van der Waals surface area contributed by atoms with Crippen LogP contribution >= 0.6 is 11.3 Å². The minimum absolute atomic E-state index is 0.318. The fourth-order valence-corrected chi connectivity index (χ4v) is 3.73. The van der Waals surface area contributed by atoms with Crippen LogP contribution in [0.15, 0.2) is 30.3 Å². The first-order valence-corrected chi connectivity index (χ1v) is 9.05. The molecule has 0 bridgehead atoms. The predicted molar refractivity (Wildman–Crippen MR) is 94.9 cm³/mol. The highest BCUT2D eigenvalue weighted by Gasteiger charge is 2.18. The Morgan fingerprint density at radius 2 is 1.96 bits per heavy atom. The maximum atomic E-state index is 5.46. The van der Waals surface area contributed by atoms with Gasteiger partial charge in [0.15, 0.2) is 0 Å². The number of ether oxygens (including phenoxy) is 1. The molecule has 0 spiro atoms. The summed E-state index contributed by atoms with van der Waals surface area (Å²) in [4.78, 5) is 8.44. The van der Waals surface area contributed by atoms with Crippen molar-refractivity contribution in [1.29, 1.82) is 0 Å². The molecular weight excluding hydrogens is 306 g/mol. The number of hydrogen-bond acceptors (Lipinski definition) is 5. The summed E-state index contributed by atoms with van der Waals surface area (Å²) in [6, 6.07) is 11.0. The molecule has 1 aromatic heterocycles. The highest BCUT2D eigenvalue weighted by molar-refractivity contribution is 7.11. The van der Waals surface area contributed by atoms with Crippen LogP contribution in [0.25, 0.3) is 0 Å². The highest BCUT2D eigenvalue weighted by Crippen LogP contribution is 2.19. The molecule has 0 amide bonds. The Labute approximate surface area is 142 Å². The third kappa shape index (κ3) is 4.61. The maximum Gasteiger partial charge on any atom is 0.107 e. The topological polar surface area (TPSA) is 37.4 Å². The Morgan fingerprint density at radius 3 is 2.61 bits per heavy atom. The van der Waals surface area contributed by atoms with Gasteiger partial charge in [-0.2, -0.15) is 0 Å². The van der Waals surface area contributed by atoms with E-state index in [-0.39, 0.29) is 0 Å². The summed E-state index contributed by atoms with van der Waals surface area (Å²) in [5, 5.41) is 4.87. The summed E-state index contributed by atoms with van der Waals surface area (Å²) in [6.45, 7) is 9.76. The van der Waals surface area contributed by atoms with Crippen LogP contribution in [0, 0.1) is 13.8 Å².